The minimum atomic E-state index is -4.35. The Kier molecular flexibility index (Phi) is 9.43. The maximum absolute atomic E-state index is 13.1. The van der Waals surface area contributed by atoms with E-state index in [9.17, 15) is 26.3 Å². The first kappa shape index (κ1) is 32.7. The van der Waals surface area contributed by atoms with Gasteiger partial charge >= 0.3 is 12.4 Å². The summed E-state index contributed by atoms with van der Waals surface area (Å²) in [6.45, 7) is 3.64. The molecule has 0 unspecified atom stereocenters. The standard InChI is InChI=1S/C19H20F3N5.C13H17F3N2/c20-19(21,22)14-3-1-2-13(10-14)18(11-23)5-8-27(9-6-18)17-15-4-7-24-16(15)25-12-26-17;14-13(15,16)11-3-1-2-10(8-11)12(9-17)4-6-18-7-5-12/h1-4,7,10,12H,5-6,8-9,11,23H2,(H,24,25,26);1-3,8,18H,4-7,9,17H2. The Labute approximate surface area is 257 Å². The predicted molar refractivity (Wildman–Crippen MR) is 162 cm³/mol. The van der Waals surface area contributed by atoms with Crippen LogP contribution >= 0.6 is 0 Å². The zero-order chi connectivity index (χ0) is 32.3. The molecular formula is C32H37F6N7. The predicted octanol–water partition coefficient (Wildman–Crippen LogP) is 5.76. The van der Waals surface area contributed by atoms with Crippen molar-refractivity contribution in [3.05, 3.63) is 89.4 Å². The minimum absolute atomic E-state index is 0.311. The lowest BCUT2D eigenvalue weighted by Crippen LogP contribution is -2.47. The van der Waals surface area contributed by atoms with Gasteiger partial charge in [0.15, 0.2) is 0 Å². The molecular weight excluding hydrogens is 596 g/mol. The van der Waals surface area contributed by atoms with Crippen molar-refractivity contribution in [2.24, 2.45) is 11.5 Å². The maximum Gasteiger partial charge on any atom is 0.416 e. The van der Waals surface area contributed by atoms with Gasteiger partial charge in [0.25, 0.3) is 0 Å². The molecule has 2 saturated heterocycles. The van der Waals surface area contributed by atoms with Gasteiger partial charge in [0.2, 0.25) is 0 Å². The quantitative estimate of drug-likeness (QED) is 0.208. The van der Waals surface area contributed by atoms with Gasteiger partial charge in [-0.1, -0.05) is 36.4 Å². The molecule has 0 spiro atoms. The molecule has 242 valence electrons. The highest BCUT2D eigenvalue weighted by Crippen LogP contribution is 2.40. The van der Waals surface area contributed by atoms with Crippen LogP contribution in [-0.2, 0) is 23.2 Å². The number of H-pyrrole nitrogens is 1. The van der Waals surface area contributed by atoms with Gasteiger partial charge in [-0.05, 0) is 68.1 Å². The molecule has 13 heteroatoms. The van der Waals surface area contributed by atoms with Crippen molar-refractivity contribution in [2.45, 2.75) is 48.9 Å². The Balaban J connectivity index is 0.000000194. The van der Waals surface area contributed by atoms with Crippen molar-refractivity contribution in [3.63, 3.8) is 0 Å². The number of nitrogens with one attached hydrogen (secondary N) is 2. The summed E-state index contributed by atoms with van der Waals surface area (Å²) in [5.41, 5.74) is 12.0. The number of fused-ring (bicyclic) bond motifs is 1. The van der Waals surface area contributed by atoms with E-state index in [2.05, 4.69) is 25.2 Å². The highest BCUT2D eigenvalue weighted by atomic mass is 19.4. The van der Waals surface area contributed by atoms with Gasteiger partial charge in [-0.25, -0.2) is 9.97 Å². The van der Waals surface area contributed by atoms with Crippen LogP contribution in [0.2, 0.25) is 0 Å². The third-order valence-electron chi connectivity index (χ3n) is 9.30. The summed E-state index contributed by atoms with van der Waals surface area (Å²) in [7, 11) is 0. The van der Waals surface area contributed by atoms with Crippen LogP contribution in [0.1, 0.15) is 47.9 Å². The largest absolute Gasteiger partial charge is 0.416 e. The third-order valence-corrected chi connectivity index (χ3v) is 9.30. The molecule has 2 aromatic heterocycles. The molecule has 4 aromatic rings. The number of aromatic amines is 1. The van der Waals surface area contributed by atoms with E-state index < -0.39 is 28.9 Å². The van der Waals surface area contributed by atoms with Gasteiger partial charge in [0.1, 0.15) is 17.8 Å². The van der Waals surface area contributed by atoms with Gasteiger partial charge in [-0.15, -0.1) is 0 Å². The molecule has 0 radical (unpaired) electrons. The minimum Gasteiger partial charge on any atom is -0.356 e. The van der Waals surface area contributed by atoms with Gasteiger partial charge in [-0.3, -0.25) is 0 Å². The SMILES string of the molecule is NCC1(c2cccc(C(F)(F)F)c2)CCN(c2ncnc3[nH]ccc23)CC1.NCC1(c2cccc(C(F)(F)F)c2)CCNCC1. The number of rotatable bonds is 5. The number of aromatic nitrogens is 3. The van der Waals surface area contributed by atoms with Crippen molar-refractivity contribution in [3.8, 4) is 0 Å². The molecule has 0 amide bonds. The zero-order valence-corrected chi connectivity index (χ0v) is 24.7. The fourth-order valence-corrected chi connectivity index (χ4v) is 6.43. The molecule has 2 fully saturated rings. The molecule has 0 atom stereocenters. The molecule has 7 nitrogen and oxygen atoms in total. The van der Waals surface area contributed by atoms with Crippen LogP contribution in [-0.4, -0.2) is 54.2 Å². The van der Waals surface area contributed by atoms with Crippen molar-refractivity contribution < 1.29 is 26.3 Å². The van der Waals surface area contributed by atoms with Crippen LogP contribution in [0.5, 0.6) is 0 Å². The number of nitrogens with zero attached hydrogens (tertiary/aromatic N) is 3. The molecule has 2 aliphatic heterocycles. The number of anilines is 1. The lowest BCUT2D eigenvalue weighted by atomic mass is 9.72. The molecule has 0 saturated carbocycles. The van der Waals surface area contributed by atoms with Crippen molar-refractivity contribution in [2.75, 3.05) is 44.2 Å². The number of alkyl halides is 6. The summed E-state index contributed by atoms with van der Waals surface area (Å²) in [4.78, 5) is 13.8. The summed E-state index contributed by atoms with van der Waals surface area (Å²) in [5, 5.41) is 4.15. The van der Waals surface area contributed by atoms with E-state index in [1.165, 1.54) is 30.6 Å². The monoisotopic (exact) mass is 633 g/mol. The Bertz CT molecular complexity index is 1570. The molecule has 6 N–H and O–H groups in total. The van der Waals surface area contributed by atoms with E-state index in [-0.39, 0.29) is 5.41 Å². The Hall–Kier alpha value is -3.68. The molecule has 2 aliphatic rings. The number of hydrogen-bond donors (Lipinski definition) is 4. The first-order chi connectivity index (χ1) is 21.4. The van der Waals surface area contributed by atoms with E-state index in [4.69, 9.17) is 11.5 Å². The van der Waals surface area contributed by atoms with Crippen LogP contribution in [0, 0.1) is 0 Å². The lowest BCUT2D eigenvalue weighted by Gasteiger charge is -2.42. The summed E-state index contributed by atoms with van der Waals surface area (Å²) >= 11 is 0. The van der Waals surface area contributed by atoms with E-state index in [0.717, 1.165) is 54.9 Å². The van der Waals surface area contributed by atoms with Crippen molar-refractivity contribution in [1.29, 1.82) is 0 Å². The van der Waals surface area contributed by atoms with Gasteiger partial charge in [-0.2, -0.15) is 26.3 Å². The molecule has 0 aliphatic carbocycles. The zero-order valence-electron chi connectivity index (χ0n) is 24.7. The van der Waals surface area contributed by atoms with Gasteiger partial charge in [0.05, 0.1) is 16.5 Å². The van der Waals surface area contributed by atoms with Crippen LogP contribution in [0.3, 0.4) is 0 Å². The average Bonchev–Trinajstić information content (AvgIpc) is 3.54. The van der Waals surface area contributed by atoms with E-state index in [0.29, 0.717) is 50.1 Å². The maximum atomic E-state index is 13.1. The fraction of sp³-hybridized carbons (Fsp3) is 0.438. The first-order valence-corrected chi connectivity index (χ1v) is 14.9. The number of nitrogens with two attached hydrogens (primary N) is 2. The second-order valence-electron chi connectivity index (χ2n) is 11.8. The molecule has 45 heavy (non-hydrogen) atoms. The third kappa shape index (κ3) is 6.95. The smallest absolute Gasteiger partial charge is 0.356 e. The number of piperidine rings is 2. The molecule has 4 heterocycles. The van der Waals surface area contributed by atoms with Crippen LogP contribution in [0.25, 0.3) is 11.0 Å². The normalized spacial score (nSPS) is 18.4. The number of hydrogen-bond acceptors (Lipinski definition) is 6. The topological polar surface area (TPSA) is 109 Å². The van der Waals surface area contributed by atoms with Crippen molar-refractivity contribution >= 4 is 16.9 Å². The van der Waals surface area contributed by atoms with E-state index >= 15 is 0 Å². The van der Waals surface area contributed by atoms with Crippen LogP contribution in [0.15, 0.2) is 67.1 Å². The fourth-order valence-electron chi connectivity index (χ4n) is 6.43. The highest BCUT2D eigenvalue weighted by molar-refractivity contribution is 5.87. The first-order valence-electron chi connectivity index (χ1n) is 14.9. The Morgan fingerprint density at radius 1 is 0.733 bits per heavy atom. The Morgan fingerprint density at radius 3 is 1.78 bits per heavy atom. The average molecular weight is 634 g/mol. The number of halogens is 6. The second-order valence-corrected chi connectivity index (χ2v) is 11.8. The molecule has 0 bridgehead atoms. The van der Waals surface area contributed by atoms with E-state index in [1.54, 1.807) is 12.1 Å². The summed E-state index contributed by atoms with van der Waals surface area (Å²) < 4.78 is 77.5. The van der Waals surface area contributed by atoms with Crippen LogP contribution < -0.4 is 21.7 Å². The second kappa shape index (κ2) is 13.0. The van der Waals surface area contributed by atoms with Gasteiger partial charge < -0.3 is 26.7 Å². The number of benzene rings is 2. The molecule has 2 aromatic carbocycles. The lowest BCUT2D eigenvalue weighted by molar-refractivity contribution is -0.138. The summed E-state index contributed by atoms with van der Waals surface area (Å²) in [6.07, 6.45) is -2.41. The van der Waals surface area contributed by atoms with E-state index in [1.807, 2.05) is 12.3 Å². The summed E-state index contributed by atoms with van der Waals surface area (Å²) in [6, 6.07) is 13.1. The summed E-state index contributed by atoms with van der Waals surface area (Å²) in [5.74, 6) is 0.843. The Morgan fingerprint density at radius 2 is 1.27 bits per heavy atom. The molecule has 6 rings (SSSR count). The highest BCUT2D eigenvalue weighted by Gasteiger charge is 2.39. The van der Waals surface area contributed by atoms with Gasteiger partial charge in [0, 0.05) is 43.2 Å². The van der Waals surface area contributed by atoms with Crippen molar-refractivity contribution in [1.82, 2.24) is 20.3 Å². The van der Waals surface area contributed by atoms with Crippen LogP contribution in [0.4, 0.5) is 32.2 Å².